The lowest BCUT2D eigenvalue weighted by Crippen LogP contribution is -2.41. The fourth-order valence-corrected chi connectivity index (χ4v) is 6.44. The third-order valence-corrected chi connectivity index (χ3v) is 8.97. The van der Waals surface area contributed by atoms with Gasteiger partial charge in [0.2, 0.25) is 0 Å². The molecule has 0 aliphatic carbocycles. The van der Waals surface area contributed by atoms with E-state index < -0.39 is 6.29 Å². The number of aromatic nitrogens is 2. The van der Waals surface area contributed by atoms with Crippen LogP contribution in [-0.4, -0.2) is 59.3 Å². The van der Waals surface area contributed by atoms with Gasteiger partial charge in [-0.05, 0) is 65.1 Å². The van der Waals surface area contributed by atoms with Crippen LogP contribution in [0.25, 0.3) is 11.0 Å². The second kappa shape index (κ2) is 14.1. The topological polar surface area (TPSA) is 115 Å². The number of nitrogens with one attached hydrogen (secondary N) is 1. The zero-order valence-corrected chi connectivity index (χ0v) is 27.0. The predicted octanol–water partition coefficient (Wildman–Crippen LogP) is 6.00. The van der Waals surface area contributed by atoms with Crippen molar-refractivity contribution in [3.63, 3.8) is 0 Å². The van der Waals surface area contributed by atoms with Crippen LogP contribution in [0.5, 0.6) is 11.5 Å². The number of methoxy groups -OCH3 is 2. The van der Waals surface area contributed by atoms with Crippen LogP contribution in [-0.2, 0) is 29.0 Å². The summed E-state index contributed by atoms with van der Waals surface area (Å²) in [5.41, 5.74) is 7.36. The number of hydrogen-bond acceptors (Lipinski definition) is 9. The molecule has 10 heteroatoms. The lowest BCUT2D eigenvalue weighted by Gasteiger charge is -2.39. The predicted molar refractivity (Wildman–Crippen MR) is 181 cm³/mol. The van der Waals surface area contributed by atoms with E-state index in [1.165, 1.54) is 17.3 Å². The van der Waals surface area contributed by atoms with Crippen molar-refractivity contribution in [1.82, 2.24) is 14.9 Å². The first-order valence-corrected chi connectivity index (χ1v) is 16.1. The molecule has 2 aliphatic rings. The Hall–Kier alpha value is -4.87. The lowest BCUT2D eigenvalue weighted by molar-refractivity contribution is -0.253. The smallest absolute Gasteiger partial charge is 0.275 e. The largest absolute Gasteiger partial charge is 0.493 e. The summed E-state index contributed by atoms with van der Waals surface area (Å²) in [6.07, 6.45) is 2.04. The second-order valence-corrected chi connectivity index (χ2v) is 12.1. The zero-order valence-electron chi connectivity index (χ0n) is 27.0. The zero-order chi connectivity index (χ0) is 33.0. The van der Waals surface area contributed by atoms with Gasteiger partial charge in [0.05, 0.1) is 50.3 Å². The Morgan fingerprint density at radius 2 is 1.69 bits per heavy atom. The van der Waals surface area contributed by atoms with Gasteiger partial charge in [-0.1, -0.05) is 48.5 Å². The van der Waals surface area contributed by atoms with Crippen molar-refractivity contribution in [2.45, 2.75) is 44.5 Å². The number of anilines is 1. The van der Waals surface area contributed by atoms with Crippen molar-refractivity contribution in [3.05, 3.63) is 125 Å². The molecule has 0 spiro atoms. The average Bonchev–Trinajstić information content (AvgIpc) is 3.14. The minimum absolute atomic E-state index is 0.0173. The third kappa shape index (κ3) is 6.88. The molecule has 5 aromatic rings. The van der Waals surface area contributed by atoms with Crippen LogP contribution in [0.15, 0.2) is 91.1 Å². The van der Waals surface area contributed by atoms with Crippen molar-refractivity contribution >= 4 is 22.6 Å². The number of aliphatic hydroxyl groups excluding tert-OH is 1. The Bertz CT molecular complexity index is 1920. The number of carbonyl (C=O) groups is 1. The van der Waals surface area contributed by atoms with Crippen LogP contribution in [0.4, 0.5) is 5.69 Å². The Balaban J connectivity index is 1.10. The van der Waals surface area contributed by atoms with Gasteiger partial charge in [0, 0.05) is 37.3 Å². The number of amides is 1. The number of carbonyl (C=O) groups excluding carboxylic acids is 1. The maximum absolute atomic E-state index is 13.2. The van der Waals surface area contributed by atoms with E-state index in [9.17, 15) is 9.90 Å². The van der Waals surface area contributed by atoms with Crippen molar-refractivity contribution in [2.24, 2.45) is 0 Å². The molecule has 7 rings (SSSR count). The van der Waals surface area contributed by atoms with Gasteiger partial charge in [-0.3, -0.25) is 14.7 Å². The Kier molecular flexibility index (Phi) is 9.31. The quantitative estimate of drug-likeness (QED) is 0.199. The van der Waals surface area contributed by atoms with Crippen LogP contribution in [0, 0.1) is 0 Å². The van der Waals surface area contributed by atoms with Gasteiger partial charge >= 0.3 is 0 Å². The van der Waals surface area contributed by atoms with E-state index in [1.807, 2.05) is 72.8 Å². The number of ether oxygens (including phenoxy) is 4. The monoisotopic (exact) mass is 646 g/mol. The summed E-state index contributed by atoms with van der Waals surface area (Å²) < 4.78 is 24.3. The number of aliphatic hydroxyl groups is 1. The van der Waals surface area contributed by atoms with Crippen LogP contribution in [0.1, 0.15) is 57.1 Å². The Morgan fingerprint density at radius 1 is 0.917 bits per heavy atom. The van der Waals surface area contributed by atoms with Gasteiger partial charge in [-0.25, -0.2) is 4.98 Å². The number of fused-ring (bicyclic) bond motifs is 2. The fourth-order valence-electron chi connectivity index (χ4n) is 6.44. The summed E-state index contributed by atoms with van der Waals surface area (Å²) in [4.78, 5) is 24.4. The van der Waals surface area contributed by atoms with E-state index in [2.05, 4.69) is 32.3 Å². The molecule has 0 unspecified atom stereocenters. The van der Waals surface area contributed by atoms with Crippen molar-refractivity contribution in [1.29, 1.82) is 0 Å². The van der Waals surface area contributed by atoms with E-state index >= 15 is 0 Å². The normalized spacial score (nSPS) is 19.4. The highest BCUT2D eigenvalue weighted by molar-refractivity contribution is 6.03. The van der Waals surface area contributed by atoms with Crippen LogP contribution >= 0.6 is 0 Å². The molecular weight excluding hydrogens is 608 g/mol. The van der Waals surface area contributed by atoms with Crippen LogP contribution in [0.3, 0.4) is 0 Å². The van der Waals surface area contributed by atoms with Gasteiger partial charge in [0.15, 0.2) is 17.8 Å². The lowest BCUT2D eigenvalue weighted by atomic mass is 9.97. The molecule has 1 saturated heterocycles. The summed E-state index contributed by atoms with van der Waals surface area (Å²) in [7, 11) is 3.32. The molecule has 1 fully saturated rings. The molecule has 4 aromatic carbocycles. The highest BCUT2D eigenvalue weighted by Gasteiger charge is 2.34. The molecule has 0 radical (unpaired) electrons. The van der Waals surface area contributed by atoms with E-state index in [0.717, 1.165) is 59.8 Å². The summed E-state index contributed by atoms with van der Waals surface area (Å²) in [5, 5.41) is 12.5. The molecule has 246 valence electrons. The number of rotatable bonds is 9. The second-order valence-electron chi connectivity index (χ2n) is 12.1. The molecule has 3 heterocycles. The molecule has 10 nitrogen and oxygen atoms in total. The third-order valence-electron chi connectivity index (χ3n) is 8.97. The SMILES string of the molecule is COc1cc2c(cc1OC)CN(C[C@H]1C[C@@H](c3ccc(CO)cc3)O[C@@H](c3cccc(NC(=O)c4cnc5ccccc5n4)c3)O1)CC2. The number of hydrogen-bond donors (Lipinski definition) is 2. The van der Waals surface area contributed by atoms with E-state index in [1.54, 1.807) is 14.2 Å². The number of benzene rings is 4. The number of nitrogens with zero attached hydrogens (tertiary/aromatic N) is 3. The van der Waals surface area contributed by atoms with E-state index in [4.69, 9.17) is 18.9 Å². The summed E-state index contributed by atoms with van der Waals surface area (Å²) >= 11 is 0. The number of para-hydroxylation sites is 2. The molecular formula is C38H38N4O6. The molecule has 0 saturated carbocycles. The van der Waals surface area contributed by atoms with Gasteiger partial charge in [-0.15, -0.1) is 0 Å². The van der Waals surface area contributed by atoms with Gasteiger partial charge in [0.1, 0.15) is 5.69 Å². The van der Waals surface area contributed by atoms with Crippen molar-refractivity contribution < 1.29 is 28.8 Å². The molecule has 1 amide bonds. The van der Waals surface area contributed by atoms with E-state index in [0.29, 0.717) is 17.6 Å². The first-order valence-electron chi connectivity index (χ1n) is 16.1. The molecule has 3 atom stereocenters. The standard InChI is InChI=1S/C38H38N4O6/c1-45-35-17-26-14-15-42(21-28(26)18-36(35)46-2)22-30-19-34(25-12-10-24(23-43)11-13-25)48-38(47-30)27-6-5-7-29(16-27)40-37(44)33-20-39-31-8-3-4-9-32(31)41-33/h3-13,16-18,20,30,34,38,43H,14-15,19,21-23H2,1-2H3,(H,40,44)/t30-,34+,38+/m1/s1. The molecule has 2 aliphatic heterocycles. The fraction of sp³-hybridized carbons (Fsp3) is 0.289. The minimum Gasteiger partial charge on any atom is -0.493 e. The first-order chi connectivity index (χ1) is 23.5. The van der Waals surface area contributed by atoms with Crippen LogP contribution in [0.2, 0.25) is 0 Å². The summed E-state index contributed by atoms with van der Waals surface area (Å²) in [6.45, 7) is 2.37. The average molecular weight is 647 g/mol. The van der Waals surface area contributed by atoms with Gasteiger partial charge in [0.25, 0.3) is 5.91 Å². The van der Waals surface area contributed by atoms with Gasteiger partial charge < -0.3 is 29.4 Å². The molecule has 0 bridgehead atoms. The molecule has 2 N–H and O–H groups in total. The summed E-state index contributed by atoms with van der Waals surface area (Å²) in [6, 6.07) is 27.0. The Morgan fingerprint density at radius 3 is 2.46 bits per heavy atom. The summed E-state index contributed by atoms with van der Waals surface area (Å²) in [5.74, 6) is 1.13. The minimum atomic E-state index is -0.662. The van der Waals surface area contributed by atoms with Crippen LogP contribution < -0.4 is 14.8 Å². The van der Waals surface area contributed by atoms with E-state index in [-0.39, 0.29) is 30.4 Å². The molecule has 1 aromatic heterocycles. The highest BCUT2D eigenvalue weighted by atomic mass is 16.7. The highest BCUT2D eigenvalue weighted by Crippen LogP contribution is 2.40. The Labute approximate surface area is 279 Å². The first kappa shape index (κ1) is 31.7. The van der Waals surface area contributed by atoms with Gasteiger partial charge in [-0.2, -0.15) is 0 Å². The molecule has 48 heavy (non-hydrogen) atoms. The maximum Gasteiger partial charge on any atom is 0.275 e. The van der Waals surface area contributed by atoms with Crippen molar-refractivity contribution in [2.75, 3.05) is 32.6 Å². The van der Waals surface area contributed by atoms with Crippen molar-refractivity contribution in [3.8, 4) is 11.5 Å². The maximum atomic E-state index is 13.2.